The van der Waals surface area contributed by atoms with Gasteiger partial charge in [0.15, 0.2) is 7.85 Å². The molecular weight excluding hydrogens is 372 g/mol. The summed E-state index contributed by atoms with van der Waals surface area (Å²) in [6.45, 7) is 3.38. The maximum absolute atomic E-state index is 12.8. The van der Waals surface area contributed by atoms with Crippen molar-refractivity contribution in [3.05, 3.63) is 0 Å². The number of nitrogens with zero attached hydrogens (tertiary/aromatic N) is 2. The molecule has 4 nitrogen and oxygen atoms in total. The number of halogens is 6. The number of hydrogen-bond acceptors (Lipinski definition) is 3. The summed E-state index contributed by atoms with van der Waals surface area (Å²) >= 11 is 0. The van der Waals surface area contributed by atoms with Crippen LogP contribution < -0.4 is 0 Å². The Morgan fingerprint density at radius 1 is 0.889 bits per heavy atom. The van der Waals surface area contributed by atoms with Crippen LogP contribution in [-0.2, 0) is 4.74 Å². The van der Waals surface area contributed by atoms with E-state index in [1.54, 1.807) is 20.8 Å². The lowest BCUT2D eigenvalue weighted by atomic mass is 9.49. The topological polar surface area (TPSA) is 32.8 Å². The Morgan fingerprint density at radius 2 is 1.22 bits per heavy atom. The van der Waals surface area contributed by atoms with E-state index in [0.717, 1.165) is 0 Å². The number of piperazine rings is 1. The molecule has 0 aromatic rings. The monoisotopic (exact) mass is 386 g/mol. The summed E-state index contributed by atoms with van der Waals surface area (Å²) in [5.74, 6) is 0. The van der Waals surface area contributed by atoms with Gasteiger partial charge in [-0.3, -0.25) is 0 Å². The van der Waals surface area contributed by atoms with Crippen molar-refractivity contribution >= 4 is 45.3 Å². The first-order valence-corrected chi connectivity index (χ1v) is 7.42. The molecule has 1 rings (SSSR count). The van der Waals surface area contributed by atoms with Gasteiger partial charge in [0.2, 0.25) is 0 Å². The van der Waals surface area contributed by atoms with Crippen molar-refractivity contribution in [2.45, 2.75) is 54.8 Å². The number of ether oxygens (including phenoxy) is 1. The third-order valence-electron chi connectivity index (χ3n) is 3.74. The molecule has 1 heterocycles. The van der Waals surface area contributed by atoms with Gasteiger partial charge in [0.25, 0.3) is 5.50 Å². The maximum atomic E-state index is 12.8. The highest BCUT2D eigenvalue weighted by Crippen LogP contribution is 2.44. The van der Waals surface area contributed by atoms with Crippen LogP contribution in [0.15, 0.2) is 0 Å². The van der Waals surface area contributed by atoms with Gasteiger partial charge in [0.05, 0.1) is 31.4 Å². The Morgan fingerprint density at radius 3 is 1.48 bits per heavy atom. The minimum absolute atomic E-state index is 0.335. The maximum Gasteiger partial charge on any atom is 0.427 e. The quantitative estimate of drug-likeness (QED) is 0.487. The van der Waals surface area contributed by atoms with Gasteiger partial charge in [0.1, 0.15) is 0 Å². The van der Waals surface area contributed by atoms with E-state index < -0.39 is 53.2 Å². The van der Waals surface area contributed by atoms with Crippen LogP contribution in [0.3, 0.4) is 0 Å². The van der Waals surface area contributed by atoms with Gasteiger partial charge in [-0.05, 0) is 31.4 Å². The Balaban J connectivity index is 3.21. The van der Waals surface area contributed by atoms with Crippen LogP contribution in [0.4, 0.5) is 31.1 Å². The van der Waals surface area contributed by atoms with Crippen molar-refractivity contribution in [1.82, 2.24) is 9.80 Å². The Labute approximate surface area is 159 Å². The summed E-state index contributed by atoms with van der Waals surface area (Å²) in [6, 6.07) is 0. The molecule has 0 aliphatic carbocycles. The highest BCUT2D eigenvalue weighted by atomic mass is 19.4. The molecule has 27 heavy (non-hydrogen) atoms. The third kappa shape index (κ3) is 4.59. The normalized spacial score (nSPS) is 21.7. The third-order valence-corrected chi connectivity index (χ3v) is 3.74. The van der Waals surface area contributed by atoms with Crippen molar-refractivity contribution < 1.29 is 35.9 Å². The van der Waals surface area contributed by atoms with Crippen molar-refractivity contribution in [2.75, 3.05) is 13.1 Å². The smallest absolute Gasteiger partial charge is 0.427 e. The molecule has 1 aliphatic heterocycles. The predicted octanol–water partition coefficient (Wildman–Crippen LogP) is 0.510. The fraction of sp³-hybridized carbons (Fsp3) is 0.917. The fourth-order valence-electron chi connectivity index (χ4n) is 3.05. The molecule has 0 N–H and O–H groups in total. The first kappa shape index (κ1) is 24.2. The van der Waals surface area contributed by atoms with Crippen LogP contribution >= 0.6 is 0 Å². The van der Waals surface area contributed by atoms with Crippen molar-refractivity contribution in [1.29, 1.82) is 0 Å². The van der Waals surface area contributed by atoms with Gasteiger partial charge in [-0.15, -0.1) is 0 Å². The van der Waals surface area contributed by atoms with Gasteiger partial charge in [-0.1, -0.05) is 0 Å². The predicted molar refractivity (Wildman–Crippen MR) is 88.7 cm³/mol. The lowest BCUT2D eigenvalue weighted by Gasteiger charge is -2.63. The summed E-state index contributed by atoms with van der Waals surface area (Å²) in [4.78, 5) is 13.5. The van der Waals surface area contributed by atoms with Crippen LogP contribution in [0.5, 0.6) is 0 Å². The van der Waals surface area contributed by atoms with Crippen LogP contribution in [0, 0.1) is 0 Å². The second-order valence-corrected chi connectivity index (χ2v) is 7.44. The summed E-state index contributed by atoms with van der Waals surface area (Å²) in [5, 5.41) is -3.99. The van der Waals surface area contributed by atoms with Gasteiger partial charge in [-0.25, -0.2) is 4.79 Å². The van der Waals surface area contributed by atoms with E-state index in [9.17, 15) is 31.1 Å². The molecule has 15 heteroatoms. The number of amides is 1. The fourth-order valence-corrected chi connectivity index (χ4v) is 3.05. The Bertz CT molecular complexity index is 558. The molecule has 0 saturated carbocycles. The summed E-state index contributed by atoms with van der Waals surface area (Å²) in [6.07, 6.45) is -14.4. The molecule has 0 unspecified atom stereocenters. The highest BCUT2D eigenvalue weighted by Gasteiger charge is 2.70. The number of carbonyl (C=O) groups excluding carboxylic acids is 1. The first-order chi connectivity index (χ1) is 11.6. The molecule has 0 bridgehead atoms. The second-order valence-electron chi connectivity index (χ2n) is 7.44. The molecule has 0 atom stereocenters. The summed E-state index contributed by atoms with van der Waals surface area (Å²) in [7, 11) is 27.8. The van der Waals surface area contributed by atoms with Crippen molar-refractivity contribution in [3.63, 3.8) is 0 Å². The van der Waals surface area contributed by atoms with Gasteiger partial charge in [-0.2, -0.15) is 26.3 Å². The molecule has 140 valence electrons. The van der Waals surface area contributed by atoms with E-state index in [1.807, 2.05) is 0 Å². The first-order valence-electron chi connectivity index (χ1n) is 7.42. The standard InChI is InChI=1S/C12H13B5F6N2O2/c1-7(2,3)25-8(13,14)4-24(5-9(25,15)16)6(26)27-10(17,11(18,19)20)12(21,22)23/h4-5H2,1-3H3. The van der Waals surface area contributed by atoms with Crippen LogP contribution in [0.25, 0.3) is 0 Å². The molecule has 1 aliphatic rings. The van der Waals surface area contributed by atoms with E-state index in [1.165, 1.54) is 4.90 Å². The highest BCUT2D eigenvalue weighted by molar-refractivity contribution is 6.45. The molecule has 1 amide bonds. The van der Waals surface area contributed by atoms with E-state index >= 15 is 0 Å². The molecule has 10 radical (unpaired) electrons. The molecule has 0 aromatic carbocycles. The van der Waals surface area contributed by atoms with Crippen LogP contribution in [-0.4, -0.2) is 102 Å². The minimum Gasteiger partial charge on any atom is -0.434 e. The molecule has 1 saturated heterocycles. The number of rotatable bonds is 1. The zero-order chi connectivity index (χ0) is 21.9. The van der Waals surface area contributed by atoms with Gasteiger partial charge in [0, 0.05) is 18.6 Å². The Hall–Kier alpha value is -0.865. The number of carbonyl (C=O) groups is 1. The number of hydrogen-bond donors (Lipinski definition) is 0. The second kappa shape index (κ2) is 6.59. The average Bonchev–Trinajstić information content (AvgIpc) is 2.30. The number of alkyl halides is 6. The average molecular weight is 385 g/mol. The zero-order valence-corrected chi connectivity index (χ0v) is 14.8. The van der Waals surface area contributed by atoms with Crippen LogP contribution in [0.1, 0.15) is 20.8 Å². The molecule has 0 spiro atoms. The van der Waals surface area contributed by atoms with E-state index in [4.69, 9.17) is 31.4 Å². The summed E-state index contributed by atoms with van der Waals surface area (Å²) < 4.78 is 80.4. The van der Waals surface area contributed by atoms with Crippen molar-refractivity contribution in [2.24, 2.45) is 0 Å². The van der Waals surface area contributed by atoms with Gasteiger partial charge < -0.3 is 14.5 Å². The molecule has 0 aromatic heterocycles. The van der Waals surface area contributed by atoms with E-state index in [-0.39, 0.29) is 0 Å². The SMILES string of the molecule is [B]C1([B])CN(C(=O)OC([B])(C(F)(F)F)C(F)(F)F)CC([B])([B])N1C(C)(C)C. The van der Waals surface area contributed by atoms with Crippen molar-refractivity contribution in [3.8, 4) is 0 Å². The zero-order valence-electron chi connectivity index (χ0n) is 14.8. The summed E-state index contributed by atoms with van der Waals surface area (Å²) in [5.41, 5.74) is -6.10. The minimum atomic E-state index is -6.14. The van der Waals surface area contributed by atoms with E-state index in [2.05, 4.69) is 12.6 Å². The van der Waals surface area contributed by atoms with E-state index in [0.29, 0.717) is 4.90 Å². The lowest BCUT2D eigenvalue weighted by Crippen LogP contribution is -2.78. The largest absolute Gasteiger partial charge is 0.434 e. The molecular formula is C12H13B5F6N2O2. The Kier molecular flexibility index (Phi) is 5.90. The lowest BCUT2D eigenvalue weighted by molar-refractivity contribution is -0.331. The van der Waals surface area contributed by atoms with Gasteiger partial charge >= 0.3 is 18.4 Å². The molecule has 1 fully saturated rings. The van der Waals surface area contributed by atoms with Crippen LogP contribution in [0.2, 0.25) is 0 Å².